The largest absolute Gasteiger partial charge is 0.463 e. The van der Waals surface area contributed by atoms with Crippen molar-refractivity contribution in [1.82, 2.24) is 5.01 Å². The lowest BCUT2D eigenvalue weighted by Gasteiger charge is -2.19. The molecule has 0 fully saturated rings. The van der Waals surface area contributed by atoms with Gasteiger partial charge in [-0.25, -0.2) is 9.59 Å². The van der Waals surface area contributed by atoms with Gasteiger partial charge in [0.2, 0.25) is 0 Å². The van der Waals surface area contributed by atoms with Gasteiger partial charge in [-0.2, -0.15) is 10.1 Å². The summed E-state index contributed by atoms with van der Waals surface area (Å²) in [6, 6.07) is 11.5. The zero-order valence-corrected chi connectivity index (χ0v) is 15.5. The maximum atomic E-state index is 13.0. The van der Waals surface area contributed by atoms with Crippen LogP contribution in [0.3, 0.4) is 0 Å². The van der Waals surface area contributed by atoms with E-state index in [1.165, 1.54) is 12.5 Å². The van der Waals surface area contributed by atoms with Crippen LogP contribution >= 0.6 is 0 Å². The van der Waals surface area contributed by atoms with Gasteiger partial charge in [0.05, 0.1) is 31.8 Å². The summed E-state index contributed by atoms with van der Waals surface area (Å²) >= 11 is 0. The van der Waals surface area contributed by atoms with Gasteiger partial charge in [0.1, 0.15) is 5.76 Å². The summed E-state index contributed by atoms with van der Waals surface area (Å²) < 4.78 is 15.0. The number of furan rings is 1. The molecule has 0 aliphatic carbocycles. The van der Waals surface area contributed by atoms with Gasteiger partial charge in [-0.05, 0) is 38.1 Å². The van der Waals surface area contributed by atoms with Crippen LogP contribution in [0.25, 0.3) is 0 Å². The number of benzene rings is 1. The molecule has 0 N–H and O–H groups in total. The Bertz CT molecular complexity index is 856. The summed E-state index contributed by atoms with van der Waals surface area (Å²) in [5.74, 6) is -1.97. The molecule has 8 nitrogen and oxygen atoms in total. The quantitative estimate of drug-likeness (QED) is 0.300. The van der Waals surface area contributed by atoms with Gasteiger partial charge < -0.3 is 13.9 Å². The van der Waals surface area contributed by atoms with Crippen molar-refractivity contribution in [2.24, 2.45) is 5.10 Å². The Labute approximate surface area is 162 Å². The minimum absolute atomic E-state index is 0.0499. The van der Waals surface area contributed by atoms with Crippen molar-refractivity contribution in [1.29, 1.82) is 0 Å². The van der Waals surface area contributed by atoms with E-state index in [9.17, 15) is 14.4 Å². The number of nitrogens with zero attached hydrogens (tertiary/aromatic N) is 2. The molecule has 2 rings (SSSR count). The molecule has 0 atom stereocenters. The SMILES string of the molecule is CCOC(=O)/C=C(/C(=O)OCC)N(/N=C/c1ccco1)C(=O)c1ccccc1. The van der Waals surface area contributed by atoms with E-state index in [-0.39, 0.29) is 24.5 Å². The first-order valence-corrected chi connectivity index (χ1v) is 8.59. The molecule has 0 aliphatic heterocycles. The molecule has 146 valence electrons. The molecule has 0 bridgehead atoms. The Morgan fingerprint density at radius 2 is 1.75 bits per heavy atom. The van der Waals surface area contributed by atoms with Crippen molar-refractivity contribution in [3.05, 3.63) is 71.8 Å². The monoisotopic (exact) mass is 384 g/mol. The Hall–Kier alpha value is -3.68. The molecule has 8 heteroatoms. The minimum atomic E-state index is -0.892. The second-order valence-electron chi connectivity index (χ2n) is 5.25. The normalized spacial score (nSPS) is 11.3. The van der Waals surface area contributed by atoms with E-state index >= 15 is 0 Å². The average molecular weight is 384 g/mol. The predicted molar refractivity (Wildman–Crippen MR) is 100 cm³/mol. The zero-order valence-electron chi connectivity index (χ0n) is 15.5. The highest BCUT2D eigenvalue weighted by Gasteiger charge is 2.27. The molecule has 1 aromatic heterocycles. The standard InChI is InChI=1S/C20H20N2O6/c1-3-26-18(23)13-17(20(25)27-4-2)22(21-14-16-11-8-12-28-16)19(24)15-9-6-5-7-10-15/h5-14H,3-4H2,1-2H3/b17-13-,21-14+. The van der Waals surface area contributed by atoms with Crippen LogP contribution in [0.5, 0.6) is 0 Å². The molecule has 1 amide bonds. The number of carbonyl (C=O) groups is 3. The van der Waals surface area contributed by atoms with Crippen molar-refractivity contribution in [2.75, 3.05) is 13.2 Å². The lowest BCUT2D eigenvalue weighted by atomic mass is 10.2. The topological polar surface area (TPSA) is 98.4 Å². The number of hydrazone groups is 1. The molecule has 0 saturated heterocycles. The van der Waals surface area contributed by atoms with E-state index in [4.69, 9.17) is 13.9 Å². The predicted octanol–water partition coefficient (Wildman–Crippen LogP) is 2.77. The van der Waals surface area contributed by atoms with Crippen molar-refractivity contribution in [3.63, 3.8) is 0 Å². The van der Waals surface area contributed by atoms with Crippen molar-refractivity contribution in [3.8, 4) is 0 Å². The van der Waals surface area contributed by atoms with E-state index in [0.717, 1.165) is 11.1 Å². The summed E-state index contributed by atoms with van der Waals surface area (Å²) in [4.78, 5) is 37.4. The van der Waals surface area contributed by atoms with Crippen LogP contribution in [0.4, 0.5) is 0 Å². The Morgan fingerprint density at radius 1 is 1.04 bits per heavy atom. The van der Waals surface area contributed by atoms with E-state index in [1.54, 1.807) is 56.3 Å². The molecule has 2 aromatic rings. The molecule has 28 heavy (non-hydrogen) atoms. The van der Waals surface area contributed by atoms with E-state index in [2.05, 4.69) is 5.10 Å². The van der Waals surface area contributed by atoms with Crippen molar-refractivity contribution < 1.29 is 28.3 Å². The van der Waals surface area contributed by atoms with Gasteiger partial charge in [-0.1, -0.05) is 18.2 Å². The Balaban J connectivity index is 2.49. The fourth-order valence-corrected chi connectivity index (χ4v) is 2.11. The van der Waals surface area contributed by atoms with Crippen LogP contribution in [-0.2, 0) is 19.1 Å². The fraction of sp³-hybridized carbons (Fsp3) is 0.200. The number of rotatable bonds is 8. The molecule has 0 saturated carbocycles. The number of esters is 2. The number of amides is 1. The third-order valence-corrected chi connectivity index (χ3v) is 3.31. The molecule has 0 spiro atoms. The second kappa shape index (κ2) is 10.5. The van der Waals surface area contributed by atoms with Crippen LogP contribution in [0.2, 0.25) is 0 Å². The molecule has 1 heterocycles. The van der Waals surface area contributed by atoms with Crippen LogP contribution in [0, 0.1) is 0 Å². The molecule has 0 radical (unpaired) electrons. The number of hydrogen-bond donors (Lipinski definition) is 0. The van der Waals surface area contributed by atoms with Gasteiger partial charge in [-0.15, -0.1) is 0 Å². The van der Waals surface area contributed by atoms with Crippen molar-refractivity contribution in [2.45, 2.75) is 13.8 Å². The van der Waals surface area contributed by atoms with Gasteiger partial charge in [0.15, 0.2) is 5.70 Å². The fourth-order valence-electron chi connectivity index (χ4n) is 2.11. The van der Waals surface area contributed by atoms with Crippen LogP contribution in [0.1, 0.15) is 30.0 Å². The van der Waals surface area contributed by atoms with Gasteiger partial charge in [-0.3, -0.25) is 4.79 Å². The Kier molecular flexibility index (Phi) is 7.71. The molecular formula is C20H20N2O6. The summed E-state index contributed by atoms with van der Waals surface area (Å²) in [7, 11) is 0. The van der Waals surface area contributed by atoms with Gasteiger partial charge in [0, 0.05) is 5.56 Å². The number of hydrogen-bond acceptors (Lipinski definition) is 7. The highest BCUT2D eigenvalue weighted by atomic mass is 16.5. The lowest BCUT2D eigenvalue weighted by molar-refractivity contribution is -0.142. The molecular weight excluding hydrogens is 364 g/mol. The second-order valence-corrected chi connectivity index (χ2v) is 5.25. The first kappa shape index (κ1) is 20.6. The summed E-state index contributed by atoms with van der Waals surface area (Å²) in [5.41, 5.74) is -0.116. The maximum absolute atomic E-state index is 13.0. The summed E-state index contributed by atoms with van der Waals surface area (Å²) in [6.07, 6.45) is 3.56. The van der Waals surface area contributed by atoms with Crippen LogP contribution < -0.4 is 0 Å². The maximum Gasteiger partial charge on any atom is 0.357 e. The molecule has 0 aliphatic rings. The van der Waals surface area contributed by atoms with Gasteiger partial charge >= 0.3 is 11.9 Å². The van der Waals surface area contributed by atoms with E-state index in [0.29, 0.717) is 5.76 Å². The van der Waals surface area contributed by atoms with E-state index in [1.807, 2.05) is 0 Å². The van der Waals surface area contributed by atoms with Crippen LogP contribution in [0.15, 0.2) is 70.0 Å². The van der Waals surface area contributed by atoms with E-state index < -0.39 is 17.8 Å². The lowest BCUT2D eigenvalue weighted by Crippen LogP contribution is -2.31. The van der Waals surface area contributed by atoms with Crippen molar-refractivity contribution >= 4 is 24.1 Å². The number of ether oxygens (including phenoxy) is 2. The van der Waals surface area contributed by atoms with Crippen LogP contribution in [-0.4, -0.2) is 42.3 Å². The first-order valence-electron chi connectivity index (χ1n) is 8.59. The third-order valence-electron chi connectivity index (χ3n) is 3.31. The summed E-state index contributed by atoms with van der Waals surface area (Å²) in [5, 5.41) is 4.83. The first-order chi connectivity index (χ1) is 13.6. The number of carbonyl (C=O) groups excluding carboxylic acids is 3. The molecule has 1 aromatic carbocycles. The summed E-state index contributed by atoms with van der Waals surface area (Å²) in [6.45, 7) is 3.38. The minimum Gasteiger partial charge on any atom is -0.463 e. The zero-order chi connectivity index (χ0) is 20.4. The third kappa shape index (κ3) is 5.66. The van der Waals surface area contributed by atoms with Gasteiger partial charge in [0.25, 0.3) is 5.91 Å². The molecule has 0 unspecified atom stereocenters. The highest BCUT2D eigenvalue weighted by Crippen LogP contribution is 2.15. The highest BCUT2D eigenvalue weighted by molar-refractivity contribution is 6.04. The Morgan fingerprint density at radius 3 is 2.36 bits per heavy atom. The smallest absolute Gasteiger partial charge is 0.357 e. The average Bonchev–Trinajstić information content (AvgIpc) is 3.21.